The fourth-order valence-corrected chi connectivity index (χ4v) is 2.08. The van der Waals surface area contributed by atoms with E-state index in [0.717, 1.165) is 29.1 Å². The number of carbonyl (C=O) groups is 1. The number of amides is 1. The summed E-state index contributed by atoms with van der Waals surface area (Å²) in [5.41, 5.74) is 2.82. The van der Waals surface area contributed by atoms with Gasteiger partial charge in [-0.15, -0.1) is 0 Å². The lowest BCUT2D eigenvalue weighted by Gasteiger charge is -2.10. The number of rotatable bonds is 7. The Balaban J connectivity index is 1.87. The van der Waals surface area contributed by atoms with Gasteiger partial charge in [0.25, 0.3) is 0 Å². The monoisotopic (exact) mass is 324 g/mol. The third kappa shape index (κ3) is 5.89. The zero-order chi connectivity index (χ0) is 17.4. The fourth-order valence-electron chi connectivity index (χ4n) is 2.08. The van der Waals surface area contributed by atoms with Crippen LogP contribution in [0.4, 0.5) is 5.69 Å². The minimum absolute atomic E-state index is 0.143. The first-order valence-corrected chi connectivity index (χ1v) is 7.97. The minimum Gasteiger partial charge on any atom is -0.492 e. The van der Waals surface area contributed by atoms with Gasteiger partial charge in [-0.25, -0.2) is 0 Å². The van der Waals surface area contributed by atoms with Gasteiger partial charge < -0.3 is 15.0 Å². The van der Waals surface area contributed by atoms with Crippen LogP contribution in [0, 0.1) is 6.92 Å². The van der Waals surface area contributed by atoms with E-state index in [9.17, 15) is 4.79 Å². The number of anilines is 1. The summed E-state index contributed by atoms with van der Waals surface area (Å²) < 4.78 is 5.64. The van der Waals surface area contributed by atoms with Gasteiger partial charge in [0.2, 0.25) is 5.91 Å². The summed E-state index contributed by atoms with van der Waals surface area (Å²) in [4.78, 5) is 14.1. The molecule has 2 aromatic rings. The summed E-state index contributed by atoms with van der Waals surface area (Å²) in [5.74, 6) is 0.689. The van der Waals surface area contributed by atoms with Crippen LogP contribution < -0.4 is 10.1 Å². The predicted molar refractivity (Wildman–Crippen MR) is 99.3 cm³/mol. The standard InChI is InChI=1S/C20H24N2O2/c1-16-6-4-5-7-19(16)21-20(23)13-10-17-8-11-18(12-9-17)24-15-14-22(2)3/h4-13H,14-15H2,1-3H3,(H,21,23)/b13-10+. The van der Waals surface area contributed by atoms with Gasteiger partial charge in [-0.3, -0.25) is 4.79 Å². The van der Waals surface area contributed by atoms with Crippen molar-refractivity contribution in [2.75, 3.05) is 32.6 Å². The second-order valence-electron chi connectivity index (χ2n) is 5.86. The Morgan fingerprint density at radius 2 is 1.83 bits per heavy atom. The van der Waals surface area contributed by atoms with Crippen molar-refractivity contribution < 1.29 is 9.53 Å². The molecule has 0 spiro atoms. The fraction of sp³-hybridized carbons (Fsp3) is 0.250. The third-order valence-corrected chi connectivity index (χ3v) is 3.52. The molecule has 0 unspecified atom stereocenters. The molecule has 2 aromatic carbocycles. The van der Waals surface area contributed by atoms with Crippen molar-refractivity contribution >= 4 is 17.7 Å². The predicted octanol–water partition coefficient (Wildman–Crippen LogP) is 3.59. The van der Waals surface area contributed by atoms with Crippen LogP contribution in [0.5, 0.6) is 5.75 Å². The molecule has 1 N–H and O–H groups in total. The molecule has 24 heavy (non-hydrogen) atoms. The third-order valence-electron chi connectivity index (χ3n) is 3.52. The highest BCUT2D eigenvalue weighted by Crippen LogP contribution is 2.15. The molecule has 4 nitrogen and oxygen atoms in total. The highest BCUT2D eigenvalue weighted by Gasteiger charge is 2.00. The quantitative estimate of drug-likeness (QED) is 0.792. The number of nitrogens with one attached hydrogen (secondary N) is 1. The number of nitrogens with zero attached hydrogens (tertiary/aromatic N) is 1. The summed E-state index contributed by atoms with van der Waals surface area (Å²) in [7, 11) is 4.03. The molecule has 0 saturated heterocycles. The van der Waals surface area contributed by atoms with Crippen LogP contribution in [-0.2, 0) is 4.79 Å². The first-order valence-electron chi connectivity index (χ1n) is 7.97. The van der Waals surface area contributed by atoms with Crippen LogP contribution in [-0.4, -0.2) is 38.1 Å². The second-order valence-corrected chi connectivity index (χ2v) is 5.86. The van der Waals surface area contributed by atoms with E-state index in [1.54, 1.807) is 6.08 Å². The molecular weight excluding hydrogens is 300 g/mol. The lowest BCUT2D eigenvalue weighted by atomic mass is 10.2. The smallest absolute Gasteiger partial charge is 0.248 e. The molecule has 0 aliphatic carbocycles. The molecule has 0 fully saturated rings. The molecule has 0 aliphatic heterocycles. The van der Waals surface area contributed by atoms with Crippen LogP contribution in [0.2, 0.25) is 0 Å². The summed E-state index contributed by atoms with van der Waals surface area (Å²) in [6.45, 7) is 3.50. The van der Waals surface area contributed by atoms with Gasteiger partial charge >= 0.3 is 0 Å². The first kappa shape index (κ1) is 17.8. The average Bonchev–Trinajstić information content (AvgIpc) is 2.56. The van der Waals surface area contributed by atoms with Crippen LogP contribution in [0.25, 0.3) is 6.08 Å². The Kier molecular flexibility index (Phi) is 6.58. The first-order chi connectivity index (χ1) is 11.5. The number of aryl methyl sites for hydroxylation is 1. The lowest BCUT2D eigenvalue weighted by Crippen LogP contribution is -2.19. The van der Waals surface area contributed by atoms with Crippen molar-refractivity contribution in [3.8, 4) is 5.75 Å². The van der Waals surface area contributed by atoms with Gasteiger partial charge in [0.15, 0.2) is 0 Å². The van der Waals surface area contributed by atoms with Crippen LogP contribution in [0.1, 0.15) is 11.1 Å². The van der Waals surface area contributed by atoms with Crippen molar-refractivity contribution in [3.05, 3.63) is 65.7 Å². The largest absolute Gasteiger partial charge is 0.492 e. The Labute approximate surface area is 143 Å². The minimum atomic E-state index is -0.143. The molecule has 126 valence electrons. The average molecular weight is 324 g/mol. The summed E-state index contributed by atoms with van der Waals surface area (Å²) in [5, 5.41) is 2.88. The zero-order valence-corrected chi connectivity index (χ0v) is 14.5. The van der Waals surface area contributed by atoms with Gasteiger partial charge in [-0.2, -0.15) is 0 Å². The Morgan fingerprint density at radius 3 is 2.50 bits per heavy atom. The molecule has 1 amide bonds. The van der Waals surface area contributed by atoms with Gasteiger partial charge in [-0.05, 0) is 56.4 Å². The van der Waals surface area contributed by atoms with Crippen molar-refractivity contribution in [1.29, 1.82) is 0 Å². The molecule has 4 heteroatoms. The number of benzene rings is 2. The van der Waals surface area contributed by atoms with Gasteiger partial charge in [0.1, 0.15) is 12.4 Å². The van der Waals surface area contributed by atoms with Crippen molar-refractivity contribution in [3.63, 3.8) is 0 Å². The normalized spacial score (nSPS) is 11.0. The molecule has 0 heterocycles. The molecule has 2 rings (SSSR count). The van der Waals surface area contributed by atoms with Gasteiger partial charge in [-0.1, -0.05) is 30.3 Å². The SMILES string of the molecule is Cc1ccccc1NC(=O)/C=C/c1ccc(OCCN(C)C)cc1. The number of carbonyl (C=O) groups excluding carboxylic acids is 1. The van der Waals surface area contributed by atoms with Gasteiger partial charge in [0, 0.05) is 18.3 Å². The number of ether oxygens (including phenoxy) is 1. The Hall–Kier alpha value is -2.59. The highest BCUT2D eigenvalue weighted by atomic mass is 16.5. The van der Waals surface area contributed by atoms with Crippen LogP contribution in [0.15, 0.2) is 54.6 Å². The van der Waals surface area contributed by atoms with E-state index in [2.05, 4.69) is 10.2 Å². The number of hydrogen-bond donors (Lipinski definition) is 1. The van der Waals surface area contributed by atoms with E-state index >= 15 is 0 Å². The molecule has 0 radical (unpaired) electrons. The van der Waals surface area contributed by atoms with Crippen LogP contribution >= 0.6 is 0 Å². The van der Waals surface area contributed by atoms with Crippen molar-refractivity contribution in [1.82, 2.24) is 4.90 Å². The molecular formula is C20H24N2O2. The second kappa shape index (κ2) is 8.89. The number of para-hydroxylation sites is 1. The molecule has 0 saturated carbocycles. The maximum atomic E-state index is 12.0. The van der Waals surface area contributed by atoms with E-state index in [0.29, 0.717) is 6.61 Å². The topological polar surface area (TPSA) is 41.6 Å². The summed E-state index contributed by atoms with van der Waals surface area (Å²) >= 11 is 0. The number of likely N-dealkylation sites (N-methyl/N-ethyl adjacent to an activating group) is 1. The van der Waals surface area contributed by atoms with E-state index in [1.165, 1.54) is 6.08 Å². The summed E-state index contributed by atoms with van der Waals surface area (Å²) in [6, 6.07) is 15.4. The highest BCUT2D eigenvalue weighted by molar-refractivity contribution is 6.02. The maximum Gasteiger partial charge on any atom is 0.248 e. The van der Waals surface area contributed by atoms with Crippen molar-refractivity contribution in [2.45, 2.75) is 6.92 Å². The van der Waals surface area contributed by atoms with Gasteiger partial charge in [0.05, 0.1) is 0 Å². The Bertz CT molecular complexity index is 691. The molecule has 0 aromatic heterocycles. The van der Waals surface area contributed by atoms with E-state index in [1.807, 2.05) is 69.6 Å². The lowest BCUT2D eigenvalue weighted by molar-refractivity contribution is -0.111. The van der Waals surface area contributed by atoms with E-state index < -0.39 is 0 Å². The zero-order valence-electron chi connectivity index (χ0n) is 14.5. The molecule has 0 bridgehead atoms. The Morgan fingerprint density at radius 1 is 1.12 bits per heavy atom. The number of hydrogen-bond acceptors (Lipinski definition) is 3. The molecule has 0 atom stereocenters. The maximum absolute atomic E-state index is 12.0. The van der Waals surface area contributed by atoms with E-state index in [4.69, 9.17) is 4.74 Å². The molecule has 0 aliphatic rings. The summed E-state index contributed by atoms with van der Waals surface area (Å²) in [6.07, 6.45) is 3.32. The van der Waals surface area contributed by atoms with Crippen molar-refractivity contribution in [2.24, 2.45) is 0 Å². The van der Waals surface area contributed by atoms with Crippen LogP contribution in [0.3, 0.4) is 0 Å². The van der Waals surface area contributed by atoms with E-state index in [-0.39, 0.29) is 5.91 Å².